The second-order valence-corrected chi connectivity index (χ2v) is 10.1. The van der Waals surface area contributed by atoms with E-state index in [-0.39, 0.29) is 10.8 Å². The Kier molecular flexibility index (Phi) is 5.16. The van der Waals surface area contributed by atoms with Crippen molar-refractivity contribution in [2.24, 2.45) is 0 Å². The van der Waals surface area contributed by atoms with Crippen molar-refractivity contribution in [3.63, 3.8) is 0 Å². The Morgan fingerprint density at radius 1 is 1.20 bits per heavy atom. The van der Waals surface area contributed by atoms with Crippen molar-refractivity contribution in [3.05, 3.63) is 61.9 Å². The number of thioether (sulfide) groups is 1. The van der Waals surface area contributed by atoms with Crippen LogP contribution >= 0.6 is 34.7 Å². The maximum atomic E-state index is 13.7. The van der Waals surface area contributed by atoms with Gasteiger partial charge < -0.3 is 4.42 Å². The summed E-state index contributed by atoms with van der Waals surface area (Å²) in [4.78, 5) is 20.8. The molecule has 5 rings (SSSR count). The number of nitrogens with zero attached hydrogens (tertiary/aromatic N) is 4. The van der Waals surface area contributed by atoms with E-state index in [2.05, 4.69) is 10.2 Å². The van der Waals surface area contributed by atoms with Gasteiger partial charge >= 0.3 is 0 Å². The van der Waals surface area contributed by atoms with Crippen LogP contribution in [-0.4, -0.2) is 19.7 Å². The third kappa shape index (κ3) is 3.46. The van der Waals surface area contributed by atoms with Crippen LogP contribution in [-0.2, 0) is 12.8 Å². The standard InChI is InChI=1S/C21H19ClN4O2S2/c1-11(18-25-24-12(2)28-18)29-21-23-19-17(15-5-3-4-6-16(15)30-19)20(27)26(21)14-9-7-13(22)8-10-14/h7-11H,3-6H2,1-2H3. The fraction of sp³-hybridized carbons (Fsp3) is 0.333. The maximum absolute atomic E-state index is 13.7. The van der Waals surface area contributed by atoms with Crippen LogP contribution in [0.2, 0.25) is 5.02 Å². The van der Waals surface area contributed by atoms with Crippen molar-refractivity contribution in [1.82, 2.24) is 19.7 Å². The number of thiophene rings is 1. The van der Waals surface area contributed by atoms with E-state index < -0.39 is 0 Å². The van der Waals surface area contributed by atoms with Gasteiger partial charge in [-0.15, -0.1) is 21.5 Å². The Labute approximate surface area is 186 Å². The number of aryl methyl sites for hydroxylation is 3. The van der Waals surface area contributed by atoms with Crippen LogP contribution in [0.25, 0.3) is 15.9 Å². The highest BCUT2D eigenvalue weighted by atomic mass is 35.5. The minimum absolute atomic E-state index is 0.0295. The van der Waals surface area contributed by atoms with Crippen LogP contribution in [0, 0.1) is 6.92 Å². The van der Waals surface area contributed by atoms with Gasteiger partial charge in [0.05, 0.1) is 16.3 Å². The summed E-state index contributed by atoms with van der Waals surface area (Å²) in [5.41, 5.74) is 1.89. The predicted octanol–water partition coefficient (Wildman–Crippen LogP) is 5.52. The molecule has 0 amide bonds. The second kappa shape index (κ2) is 7.83. The molecule has 0 N–H and O–H groups in total. The third-order valence-electron chi connectivity index (χ3n) is 5.21. The summed E-state index contributed by atoms with van der Waals surface area (Å²) < 4.78 is 7.27. The van der Waals surface area contributed by atoms with Gasteiger partial charge in [-0.25, -0.2) is 4.98 Å². The number of fused-ring (bicyclic) bond motifs is 3. The van der Waals surface area contributed by atoms with Crippen molar-refractivity contribution >= 4 is 44.9 Å². The van der Waals surface area contributed by atoms with Gasteiger partial charge in [0, 0.05) is 16.8 Å². The van der Waals surface area contributed by atoms with Gasteiger partial charge in [0.1, 0.15) is 4.83 Å². The highest BCUT2D eigenvalue weighted by molar-refractivity contribution is 7.99. The molecule has 30 heavy (non-hydrogen) atoms. The molecule has 0 aliphatic heterocycles. The largest absolute Gasteiger partial charge is 0.424 e. The smallest absolute Gasteiger partial charge is 0.267 e. The molecule has 154 valence electrons. The van der Waals surface area contributed by atoms with E-state index in [1.807, 2.05) is 19.1 Å². The number of rotatable bonds is 4. The SMILES string of the molecule is Cc1nnc(C(C)Sc2nc3sc4c(c3c(=O)n2-c2ccc(Cl)cc2)CCCC4)o1. The Morgan fingerprint density at radius 3 is 2.70 bits per heavy atom. The van der Waals surface area contributed by atoms with Gasteiger partial charge in [0.15, 0.2) is 5.16 Å². The summed E-state index contributed by atoms with van der Waals surface area (Å²) in [6.07, 6.45) is 4.25. The molecule has 0 fully saturated rings. The van der Waals surface area contributed by atoms with Gasteiger partial charge in [0.25, 0.3) is 5.56 Å². The molecule has 6 nitrogen and oxygen atoms in total. The zero-order chi connectivity index (χ0) is 20.8. The van der Waals surface area contributed by atoms with Crippen LogP contribution in [0.4, 0.5) is 0 Å². The minimum atomic E-state index is -0.149. The molecule has 0 saturated carbocycles. The molecule has 1 aromatic carbocycles. The van der Waals surface area contributed by atoms with Gasteiger partial charge in [-0.1, -0.05) is 23.4 Å². The summed E-state index contributed by atoms with van der Waals surface area (Å²) >= 11 is 9.17. The number of hydrogen-bond donors (Lipinski definition) is 0. The molecular weight excluding hydrogens is 440 g/mol. The number of aromatic nitrogens is 4. The van der Waals surface area contributed by atoms with E-state index in [0.29, 0.717) is 22.0 Å². The summed E-state index contributed by atoms with van der Waals surface area (Å²) in [5.74, 6) is 1.03. The molecular formula is C21H19ClN4O2S2. The van der Waals surface area contributed by atoms with Crippen molar-refractivity contribution < 1.29 is 4.42 Å². The fourth-order valence-corrected chi connectivity index (χ4v) is 6.15. The molecule has 0 spiro atoms. The van der Waals surface area contributed by atoms with E-state index in [9.17, 15) is 4.79 Å². The Morgan fingerprint density at radius 2 is 1.97 bits per heavy atom. The number of hydrogen-bond acceptors (Lipinski definition) is 7. The Hall–Kier alpha value is -2.16. The predicted molar refractivity (Wildman–Crippen MR) is 120 cm³/mol. The lowest BCUT2D eigenvalue weighted by Crippen LogP contribution is -2.22. The molecule has 9 heteroatoms. The molecule has 3 aromatic heterocycles. The van der Waals surface area contributed by atoms with Gasteiger partial charge in [-0.3, -0.25) is 9.36 Å². The molecule has 4 aromatic rings. The summed E-state index contributed by atoms with van der Waals surface area (Å²) in [6, 6.07) is 7.27. The van der Waals surface area contributed by atoms with Crippen LogP contribution in [0.3, 0.4) is 0 Å². The van der Waals surface area contributed by atoms with E-state index in [1.165, 1.54) is 28.6 Å². The van der Waals surface area contributed by atoms with Crippen molar-refractivity contribution in [2.75, 3.05) is 0 Å². The molecule has 0 saturated heterocycles. The highest BCUT2D eigenvalue weighted by Gasteiger charge is 2.25. The minimum Gasteiger partial charge on any atom is -0.424 e. The van der Waals surface area contributed by atoms with Crippen molar-refractivity contribution in [2.45, 2.75) is 49.9 Å². The maximum Gasteiger partial charge on any atom is 0.267 e. The van der Waals surface area contributed by atoms with Crippen LogP contribution < -0.4 is 5.56 Å². The molecule has 3 heterocycles. The molecule has 1 aliphatic rings. The monoisotopic (exact) mass is 458 g/mol. The summed E-state index contributed by atoms with van der Waals surface area (Å²) in [7, 11) is 0. The van der Waals surface area contributed by atoms with Crippen LogP contribution in [0.1, 0.15) is 47.2 Å². The number of benzene rings is 1. The third-order valence-corrected chi connectivity index (χ3v) is 7.69. The lowest BCUT2D eigenvalue weighted by molar-refractivity contribution is 0.470. The van der Waals surface area contributed by atoms with E-state index in [0.717, 1.165) is 35.2 Å². The lowest BCUT2D eigenvalue weighted by Gasteiger charge is -2.15. The molecule has 1 unspecified atom stereocenters. The first-order valence-corrected chi connectivity index (χ1v) is 11.9. The number of halogens is 1. The Bertz CT molecular complexity index is 1290. The van der Waals surface area contributed by atoms with E-state index >= 15 is 0 Å². The lowest BCUT2D eigenvalue weighted by atomic mass is 9.97. The first kappa shape index (κ1) is 19.8. The summed E-state index contributed by atoms with van der Waals surface area (Å²) in [5, 5.41) is 9.89. The average molecular weight is 459 g/mol. The topological polar surface area (TPSA) is 73.8 Å². The zero-order valence-corrected chi connectivity index (χ0v) is 18.9. The highest BCUT2D eigenvalue weighted by Crippen LogP contribution is 2.38. The average Bonchev–Trinajstić information content (AvgIpc) is 3.32. The van der Waals surface area contributed by atoms with Crippen LogP contribution in [0.15, 0.2) is 38.6 Å². The first-order chi connectivity index (χ1) is 14.5. The van der Waals surface area contributed by atoms with Crippen molar-refractivity contribution in [1.29, 1.82) is 0 Å². The molecule has 0 radical (unpaired) electrons. The molecule has 1 atom stereocenters. The quantitative estimate of drug-likeness (QED) is 0.296. The first-order valence-electron chi connectivity index (χ1n) is 9.81. The van der Waals surface area contributed by atoms with E-state index in [4.69, 9.17) is 21.0 Å². The molecule has 0 bridgehead atoms. The normalized spacial score (nSPS) is 14.8. The molecule has 1 aliphatic carbocycles. The van der Waals surface area contributed by atoms with Crippen LogP contribution in [0.5, 0.6) is 0 Å². The fourth-order valence-electron chi connectivity index (χ4n) is 3.77. The van der Waals surface area contributed by atoms with Crippen molar-refractivity contribution in [3.8, 4) is 5.69 Å². The zero-order valence-electron chi connectivity index (χ0n) is 16.5. The Balaban J connectivity index is 1.70. The van der Waals surface area contributed by atoms with Gasteiger partial charge in [-0.05, 0) is 62.4 Å². The van der Waals surface area contributed by atoms with Gasteiger partial charge in [-0.2, -0.15) is 0 Å². The van der Waals surface area contributed by atoms with E-state index in [1.54, 1.807) is 35.0 Å². The van der Waals surface area contributed by atoms with Gasteiger partial charge in [0.2, 0.25) is 11.8 Å². The summed E-state index contributed by atoms with van der Waals surface area (Å²) in [6.45, 7) is 3.73. The second-order valence-electron chi connectivity index (χ2n) is 7.32.